The van der Waals surface area contributed by atoms with Crippen molar-refractivity contribution in [2.24, 2.45) is 14.1 Å². The van der Waals surface area contributed by atoms with Gasteiger partial charge in [-0.1, -0.05) is 24.3 Å². The quantitative estimate of drug-likeness (QED) is 0.505. The molecule has 0 atom stereocenters. The third-order valence-corrected chi connectivity index (χ3v) is 7.87. The van der Waals surface area contributed by atoms with Gasteiger partial charge in [-0.15, -0.1) is 0 Å². The van der Waals surface area contributed by atoms with Gasteiger partial charge in [0.05, 0.1) is 21.6 Å². The van der Waals surface area contributed by atoms with E-state index in [1.807, 2.05) is 18.2 Å². The summed E-state index contributed by atoms with van der Waals surface area (Å²) in [6.07, 6.45) is 0.653. The molecule has 0 saturated carbocycles. The summed E-state index contributed by atoms with van der Waals surface area (Å²) in [7, 11) is -0.449. The number of sulfonamides is 1. The number of hydrogen-bond donors (Lipinski definition) is 1. The van der Waals surface area contributed by atoms with Crippen LogP contribution in [0.5, 0.6) is 0 Å². The first-order valence-electron chi connectivity index (χ1n) is 10.4. The number of imidazole rings is 1. The zero-order valence-electron chi connectivity index (χ0n) is 18.1. The van der Waals surface area contributed by atoms with E-state index < -0.39 is 15.9 Å². The van der Waals surface area contributed by atoms with Crippen LogP contribution in [0.4, 0.5) is 11.4 Å². The van der Waals surface area contributed by atoms with E-state index >= 15 is 0 Å². The standard InChI is InChI=1S/C24H22N4O4S/c1-26-21-11-10-18(15-22(21)27(2)24(26)30)25-23(29)17-7-5-8-19(14-17)33(31,32)28-13-12-16-6-3-4-9-20(16)28/h3-11,14-15H,12-13H2,1-2H3,(H,25,29). The van der Waals surface area contributed by atoms with E-state index in [1.54, 1.807) is 50.5 Å². The van der Waals surface area contributed by atoms with Gasteiger partial charge < -0.3 is 5.32 Å². The Morgan fingerprint density at radius 1 is 0.909 bits per heavy atom. The zero-order valence-corrected chi connectivity index (χ0v) is 19.0. The van der Waals surface area contributed by atoms with Crippen LogP contribution >= 0.6 is 0 Å². The van der Waals surface area contributed by atoms with Crippen LogP contribution in [0.15, 0.2) is 76.4 Å². The molecule has 9 heteroatoms. The average Bonchev–Trinajstić information content (AvgIpc) is 3.35. The number of nitrogens with zero attached hydrogens (tertiary/aromatic N) is 3. The van der Waals surface area contributed by atoms with E-state index in [9.17, 15) is 18.0 Å². The highest BCUT2D eigenvalue weighted by Gasteiger charge is 2.31. The second kappa shape index (κ2) is 7.63. The number of fused-ring (bicyclic) bond motifs is 2. The Hall–Kier alpha value is -3.85. The Bertz CT molecular complexity index is 1580. The molecule has 1 aliphatic heterocycles. The number of carbonyl (C=O) groups is 1. The van der Waals surface area contributed by atoms with Crippen molar-refractivity contribution in [2.75, 3.05) is 16.2 Å². The van der Waals surface area contributed by atoms with Gasteiger partial charge in [0.1, 0.15) is 0 Å². The normalized spacial score (nSPS) is 13.3. The van der Waals surface area contributed by atoms with Crippen molar-refractivity contribution in [1.82, 2.24) is 9.13 Å². The molecular formula is C24H22N4O4S. The minimum absolute atomic E-state index is 0.0627. The Morgan fingerprint density at radius 3 is 2.48 bits per heavy atom. The second-order valence-electron chi connectivity index (χ2n) is 8.04. The van der Waals surface area contributed by atoms with Crippen molar-refractivity contribution < 1.29 is 13.2 Å². The average molecular weight is 463 g/mol. The second-order valence-corrected chi connectivity index (χ2v) is 9.90. The molecule has 1 amide bonds. The summed E-state index contributed by atoms with van der Waals surface area (Å²) >= 11 is 0. The van der Waals surface area contributed by atoms with E-state index in [2.05, 4.69) is 5.32 Å². The van der Waals surface area contributed by atoms with Gasteiger partial charge in [0.15, 0.2) is 0 Å². The first-order chi connectivity index (χ1) is 15.8. The van der Waals surface area contributed by atoms with Crippen molar-refractivity contribution in [3.8, 4) is 0 Å². The summed E-state index contributed by atoms with van der Waals surface area (Å²) < 4.78 is 31.0. The van der Waals surface area contributed by atoms with Crippen molar-refractivity contribution in [3.05, 3.63) is 88.3 Å². The highest BCUT2D eigenvalue weighted by molar-refractivity contribution is 7.92. The molecule has 5 rings (SSSR count). The number of amides is 1. The molecule has 0 spiro atoms. The number of para-hydroxylation sites is 1. The van der Waals surface area contributed by atoms with Crippen LogP contribution in [0.25, 0.3) is 11.0 Å². The van der Waals surface area contributed by atoms with Gasteiger partial charge >= 0.3 is 5.69 Å². The topological polar surface area (TPSA) is 93.4 Å². The van der Waals surface area contributed by atoms with Gasteiger partial charge in [0.2, 0.25) is 0 Å². The van der Waals surface area contributed by atoms with Crippen LogP contribution in [0, 0.1) is 0 Å². The molecule has 0 bridgehead atoms. The molecule has 0 saturated heterocycles. The van der Waals surface area contributed by atoms with Crippen LogP contribution in [-0.2, 0) is 30.5 Å². The molecule has 8 nitrogen and oxygen atoms in total. The maximum atomic E-state index is 13.3. The van der Waals surface area contributed by atoms with Crippen molar-refractivity contribution in [2.45, 2.75) is 11.3 Å². The number of aromatic nitrogens is 2. The summed E-state index contributed by atoms with van der Waals surface area (Å²) in [5.74, 6) is -0.436. The molecule has 1 aliphatic rings. The van der Waals surface area contributed by atoms with Crippen molar-refractivity contribution in [3.63, 3.8) is 0 Å². The molecule has 2 heterocycles. The lowest BCUT2D eigenvalue weighted by Crippen LogP contribution is -2.29. The molecule has 4 aromatic rings. The summed E-state index contributed by atoms with van der Waals surface area (Å²) in [6.45, 7) is 0.369. The molecule has 0 unspecified atom stereocenters. The first-order valence-corrected chi connectivity index (χ1v) is 11.9. The van der Waals surface area contributed by atoms with Gasteiger partial charge in [0.25, 0.3) is 15.9 Å². The predicted octanol–water partition coefficient (Wildman–Crippen LogP) is 2.88. The van der Waals surface area contributed by atoms with E-state index in [1.165, 1.54) is 25.6 Å². The van der Waals surface area contributed by atoms with Crippen LogP contribution in [0.3, 0.4) is 0 Å². The fourth-order valence-electron chi connectivity index (χ4n) is 4.27. The molecule has 168 valence electrons. The molecule has 0 aliphatic carbocycles. The number of rotatable bonds is 4. The summed E-state index contributed by atoms with van der Waals surface area (Å²) in [6, 6.07) is 18.6. The lowest BCUT2D eigenvalue weighted by atomic mass is 10.2. The molecule has 1 aromatic heterocycles. The first kappa shape index (κ1) is 21.0. The largest absolute Gasteiger partial charge is 0.328 e. The molecular weight excluding hydrogens is 440 g/mol. The summed E-state index contributed by atoms with van der Waals surface area (Å²) in [5, 5.41) is 2.80. The number of hydrogen-bond acceptors (Lipinski definition) is 4. The SMILES string of the molecule is Cn1c(=O)n(C)c2cc(NC(=O)c3cccc(S(=O)(=O)N4CCc5ccccc54)c3)ccc21. The van der Waals surface area contributed by atoms with Crippen LogP contribution in [0.1, 0.15) is 15.9 Å². The van der Waals surface area contributed by atoms with E-state index in [4.69, 9.17) is 0 Å². The van der Waals surface area contributed by atoms with Crippen molar-refractivity contribution in [1.29, 1.82) is 0 Å². The van der Waals surface area contributed by atoms with Crippen LogP contribution in [0.2, 0.25) is 0 Å². The summed E-state index contributed by atoms with van der Waals surface area (Å²) in [4.78, 5) is 25.1. The van der Waals surface area contributed by atoms with Gasteiger partial charge in [-0.3, -0.25) is 18.2 Å². The zero-order chi connectivity index (χ0) is 23.3. The maximum Gasteiger partial charge on any atom is 0.328 e. The Morgan fingerprint density at radius 2 is 1.67 bits per heavy atom. The molecule has 0 radical (unpaired) electrons. The lowest BCUT2D eigenvalue weighted by Gasteiger charge is -2.20. The van der Waals surface area contributed by atoms with Crippen LogP contribution in [-0.4, -0.2) is 30.0 Å². The highest BCUT2D eigenvalue weighted by atomic mass is 32.2. The van der Waals surface area contributed by atoms with Crippen molar-refractivity contribution >= 4 is 38.3 Å². The number of benzene rings is 3. The van der Waals surface area contributed by atoms with Gasteiger partial charge in [0, 0.05) is 31.9 Å². The van der Waals surface area contributed by atoms with E-state index in [0.29, 0.717) is 29.9 Å². The molecule has 0 fully saturated rings. The fourth-order valence-corrected chi connectivity index (χ4v) is 5.82. The Kier molecular flexibility index (Phi) is 4.86. The van der Waals surface area contributed by atoms with Gasteiger partial charge in [-0.05, 0) is 54.4 Å². The Labute approximate surface area is 190 Å². The maximum absolute atomic E-state index is 13.3. The minimum Gasteiger partial charge on any atom is -0.322 e. The number of nitrogens with one attached hydrogen (secondary N) is 1. The number of carbonyl (C=O) groups excluding carboxylic acids is 1. The predicted molar refractivity (Wildman–Crippen MR) is 127 cm³/mol. The van der Waals surface area contributed by atoms with Gasteiger partial charge in [-0.2, -0.15) is 0 Å². The number of anilines is 2. The highest BCUT2D eigenvalue weighted by Crippen LogP contribution is 2.32. The Balaban J connectivity index is 1.44. The third kappa shape index (κ3) is 3.41. The molecule has 33 heavy (non-hydrogen) atoms. The van der Waals surface area contributed by atoms with Gasteiger partial charge in [-0.25, -0.2) is 13.2 Å². The molecule has 3 aromatic carbocycles. The lowest BCUT2D eigenvalue weighted by molar-refractivity contribution is 0.102. The molecule has 1 N–H and O–H groups in total. The van der Waals surface area contributed by atoms with Crippen LogP contribution < -0.4 is 15.3 Å². The summed E-state index contributed by atoms with van der Waals surface area (Å²) in [5.41, 5.74) is 3.68. The minimum atomic E-state index is -3.80. The fraction of sp³-hybridized carbons (Fsp3) is 0.167. The van der Waals surface area contributed by atoms with E-state index in [-0.39, 0.29) is 16.1 Å². The number of aryl methyl sites for hydroxylation is 2. The van der Waals surface area contributed by atoms with E-state index in [0.717, 1.165) is 11.1 Å². The smallest absolute Gasteiger partial charge is 0.322 e. The monoisotopic (exact) mass is 462 g/mol. The third-order valence-electron chi connectivity index (χ3n) is 6.06.